The molecule has 2 aromatic heterocycles. The zero-order valence-electron chi connectivity index (χ0n) is 17.1. The Morgan fingerprint density at radius 3 is 2.34 bits per heavy atom. The molecule has 2 heterocycles. The van der Waals surface area contributed by atoms with Crippen LogP contribution in [0.2, 0.25) is 15.1 Å². The summed E-state index contributed by atoms with van der Waals surface area (Å²) in [7, 11) is 0. The van der Waals surface area contributed by atoms with Crippen molar-refractivity contribution in [2.45, 2.75) is 37.8 Å². The van der Waals surface area contributed by atoms with Crippen molar-refractivity contribution >= 4 is 51.8 Å². The number of anilines is 1. The first kappa shape index (κ1) is 21.5. The number of benzene rings is 2. The van der Waals surface area contributed by atoms with Crippen LogP contribution in [0.1, 0.15) is 25.7 Å². The van der Waals surface area contributed by atoms with Gasteiger partial charge in [0.2, 0.25) is 0 Å². The normalized spacial score (nSPS) is 18.8. The topological polar surface area (TPSA) is 81.7 Å². The Bertz CT molecular complexity index is 1260. The predicted molar refractivity (Wildman–Crippen MR) is 131 cm³/mol. The van der Waals surface area contributed by atoms with Gasteiger partial charge in [0.1, 0.15) is 12.2 Å². The summed E-state index contributed by atoms with van der Waals surface area (Å²) in [5.41, 5.74) is 9.04. The maximum atomic E-state index is 6.56. The number of halogens is 3. The molecule has 4 aromatic rings. The third kappa shape index (κ3) is 4.16. The predicted octanol–water partition coefficient (Wildman–Crippen LogP) is 6.12. The highest BCUT2D eigenvalue weighted by molar-refractivity contribution is 6.36. The number of nitrogens with two attached hydrogens (primary N) is 1. The van der Waals surface area contributed by atoms with Crippen molar-refractivity contribution in [2.24, 2.45) is 5.73 Å². The van der Waals surface area contributed by atoms with Gasteiger partial charge in [-0.3, -0.25) is 4.57 Å². The lowest BCUT2D eigenvalue weighted by Crippen LogP contribution is -2.33. The second-order valence-corrected chi connectivity index (χ2v) is 9.30. The maximum Gasteiger partial charge on any atom is 0.170 e. The third-order valence-electron chi connectivity index (χ3n) is 5.81. The summed E-state index contributed by atoms with van der Waals surface area (Å²) < 4.78 is 1.96. The van der Waals surface area contributed by atoms with Gasteiger partial charge < -0.3 is 11.1 Å². The molecule has 9 heteroatoms. The van der Waals surface area contributed by atoms with Gasteiger partial charge in [-0.05, 0) is 68.1 Å². The number of fused-ring (bicyclic) bond motifs is 1. The molecule has 3 N–H and O–H groups in total. The van der Waals surface area contributed by atoms with Crippen LogP contribution < -0.4 is 11.1 Å². The van der Waals surface area contributed by atoms with Gasteiger partial charge in [0.05, 0.1) is 5.02 Å². The lowest BCUT2D eigenvalue weighted by molar-refractivity contribution is 0.410. The smallest absolute Gasteiger partial charge is 0.170 e. The van der Waals surface area contributed by atoms with Crippen LogP contribution >= 0.6 is 34.8 Å². The highest BCUT2D eigenvalue weighted by Crippen LogP contribution is 2.35. The molecule has 1 aliphatic rings. The summed E-state index contributed by atoms with van der Waals surface area (Å²) in [6, 6.07) is 13.5. The van der Waals surface area contributed by atoms with Crippen LogP contribution in [0.25, 0.3) is 28.2 Å². The molecule has 1 saturated carbocycles. The number of imidazole rings is 1. The molecule has 1 fully saturated rings. The maximum absolute atomic E-state index is 6.56. The van der Waals surface area contributed by atoms with Crippen molar-refractivity contribution in [1.29, 1.82) is 0 Å². The minimum absolute atomic E-state index is 0.279. The zero-order valence-corrected chi connectivity index (χ0v) is 19.4. The van der Waals surface area contributed by atoms with E-state index in [1.807, 2.05) is 34.9 Å². The average molecular weight is 488 g/mol. The lowest BCUT2D eigenvalue weighted by atomic mass is 9.92. The van der Waals surface area contributed by atoms with E-state index in [0.29, 0.717) is 43.9 Å². The lowest BCUT2D eigenvalue weighted by Gasteiger charge is -2.27. The average Bonchev–Trinajstić information content (AvgIpc) is 3.16. The Morgan fingerprint density at radius 2 is 1.62 bits per heavy atom. The number of hydrogen-bond acceptors (Lipinski definition) is 5. The summed E-state index contributed by atoms with van der Waals surface area (Å²) in [4.78, 5) is 14.0. The fourth-order valence-electron chi connectivity index (χ4n) is 4.14. The fraction of sp³-hybridized carbons (Fsp3) is 0.261. The van der Waals surface area contributed by atoms with E-state index >= 15 is 0 Å². The largest absolute Gasteiger partial charge is 0.365 e. The molecule has 0 bridgehead atoms. The molecule has 0 atom stereocenters. The highest BCUT2D eigenvalue weighted by atomic mass is 35.5. The Labute approximate surface area is 200 Å². The van der Waals surface area contributed by atoms with Crippen molar-refractivity contribution in [3.8, 4) is 17.1 Å². The Balaban J connectivity index is 1.67. The zero-order chi connectivity index (χ0) is 22.2. The Kier molecular flexibility index (Phi) is 5.95. The summed E-state index contributed by atoms with van der Waals surface area (Å²) in [5.74, 6) is 1.35. The second kappa shape index (κ2) is 8.87. The van der Waals surface area contributed by atoms with Crippen molar-refractivity contribution in [2.75, 3.05) is 5.32 Å². The SMILES string of the molecule is NC1CCC(Nc2ncnc3c2nc(-c2ccc(Cl)cc2Cl)n3-c2ccc(Cl)cc2)CC1. The molecule has 0 aliphatic heterocycles. The summed E-state index contributed by atoms with van der Waals surface area (Å²) in [6.45, 7) is 0. The Morgan fingerprint density at radius 1 is 0.906 bits per heavy atom. The molecule has 0 spiro atoms. The number of aromatic nitrogens is 4. The molecule has 0 amide bonds. The van der Waals surface area contributed by atoms with Crippen molar-refractivity contribution in [3.05, 3.63) is 63.9 Å². The van der Waals surface area contributed by atoms with Gasteiger partial charge >= 0.3 is 0 Å². The summed E-state index contributed by atoms with van der Waals surface area (Å²) in [5, 5.41) is 5.28. The number of rotatable bonds is 4. The number of hydrogen-bond donors (Lipinski definition) is 2. The van der Waals surface area contributed by atoms with Crippen LogP contribution in [0, 0.1) is 0 Å². The molecule has 5 rings (SSSR count). The van der Waals surface area contributed by atoms with Crippen LogP contribution in [-0.2, 0) is 0 Å². The van der Waals surface area contributed by atoms with E-state index in [9.17, 15) is 0 Å². The third-order valence-corrected chi connectivity index (χ3v) is 6.61. The van der Waals surface area contributed by atoms with Crippen molar-refractivity contribution in [3.63, 3.8) is 0 Å². The molecular formula is C23H21Cl3N6. The molecule has 2 aromatic carbocycles. The van der Waals surface area contributed by atoms with Crippen LogP contribution in [-0.4, -0.2) is 31.6 Å². The Hall–Kier alpha value is -2.38. The first-order chi connectivity index (χ1) is 15.5. The molecule has 1 aliphatic carbocycles. The van der Waals surface area contributed by atoms with Crippen molar-refractivity contribution in [1.82, 2.24) is 19.5 Å². The van der Waals surface area contributed by atoms with Gasteiger partial charge in [-0.2, -0.15) is 0 Å². The molecule has 0 radical (unpaired) electrons. The van der Waals surface area contributed by atoms with E-state index in [0.717, 1.165) is 36.9 Å². The van der Waals surface area contributed by atoms with E-state index in [1.165, 1.54) is 0 Å². The minimum Gasteiger partial charge on any atom is -0.365 e. The minimum atomic E-state index is 0.279. The van der Waals surface area contributed by atoms with E-state index in [-0.39, 0.29) is 6.04 Å². The molecule has 0 saturated heterocycles. The van der Waals surface area contributed by atoms with E-state index < -0.39 is 0 Å². The van der Waals surface area contributed by atoms with Crippen molar-refractivity contribution < 1.29 is 0 Å². The first-order valence-electron chi connectivity index (χ1n) is 10.5. The molecule has 32 heavy (non-hydrogen) atoms. The highest BCUT2D eigenvalue weighted by Gasteiger charge is 2.23. The second-order valence-electron chi connectivity index (χ2n) is 8.02. The first-order valence-corrected chi connectivity index (χ1v) is 11.6. The van der Waals surface area contributed by atoms with Crippen LogP contribution in [0.4, 0.5) is 5.82 Å². The van der Waals surface area contributed by atoms with E-state index in [4.69, 9.17) is 45.5 Å². The monoisotopic (exact) mass is 486 g/mol. The quantitative estimate of drug-likeness (QED) is 0.362. The number of nitrogens with one attached hydrogen (secondary N) is 1. The van der Waals surface area contributed by atoms with Gasteiger partial charge in [-0.25, -0.2) is 15.0 Å². The summed E-state index contributed by atoms with van der Waals surface area (Å²) in [6.07, 6.45) is 5.55. The molecule has 164 valence electrons. The van der Waals surface area contributed by atoms with Gasteiger partial charge in [-0.1, -0.05) is 34.8 Å². The van der Waals surface area contributed by atoms with Gasteiger partial charge in [0, 0.05) is 33.4 Å². The molecule has 0 unspecified atom stereocenters. The molecular weight excluding hydrogens is 467 g/mol. The number of nitrogens with zero attached hydrogens (tertiary/aromatic N) is 4. The molecule has 6 nitrogen and oxygen atoms in total. The van der Waals surface area contributed by atoms with E-state index in [2.05, 4.69) is 15.3 Å². The van der Waals surface area contributed by atoms with E-state index in [1.54, 1.807) is 18.5 Å². The van der Waals surface area contributed by atoms with Crippen LogP contribution in [0.15, 0.2) is 48.8 Å². The summed E-state index contributed by atoms with van der Waals surface area (Å²) >= 11 is 18.8. The van der Waals surface area contributed by atoms with Crippen LogP contribution in [0.5, 0.6) is 0 Å². The van der Waals surface area contributed by atoms with Gasteiger partial charge in [0.15, 0.2) is 17.0 Å². The van der Waals surface area contributed by atoms with Gasteiger partial charge in [-0.15, -0.1) is 0 Å². The van der Waals surface area contributed by atoms with Gasteiger partial charge in [0.25, 0.3) is 0 Å². The standard InChI is InChI=1S/C23H21Cl3N6/c24-13-1-8-17(9-2-13)32-22(18-10-3-14(25)11-19(18)26)31-20-21(28-12-29-23(20)32)30-16-6-4-15(27)5-7-16/h1-3,8-12,15-16H,4-7,27H2,(H,28,29,30). The van der Waals surface area contributed by atoms with Crippen LogP contribution in [0.3, 0.4) is 0 Å². The fourth-order valence-corrected chi connectivity index (χ4v) is 4.76.